The average Bonchev–Trinajstić information content (AvgIpc) is 3.29. The van der Waals surface area contributed by atoms with Crippen LogP contribution in [0.5, 0.6) is 0 Å². The highest BCUT2D eigenvalue weighted by Crippen LogP contribution is 2.51. The van der Waals surface area contributed by atoms with E-state index in [1.54, 1.807) is 0 Å². The topological polar surface area (TPSA) is 26.8 Å². The van der Waals surface area contributed by atoms with Gasteiger partial charge in [-0.25, -0.2) is 0 Å². The molecular weight excluding hydrogens is 418 g/mol. The van der Waals surface area contributed by atoms with Crippen molar-refractivity contribution in [1.82, 2.24) is 14.7 Å². The Kier molecular flexibility index (Phi) is 5.16. The molecule has 3 aliphatic heterocycles. The lowest BCUT2D eigenvalue weighted by atomic mass is 9.86. The third kappa shape index (κ3) is 3.17. The van der Waals surface area contributed by atoms with Gasteiger partial charge in [0.05, 0.1) is 24.3 Å². The van der Waals surface area contributed by atoms with Crippen LogP contribution in [-0.4, -0.2) is 40.9 Å². The fourth-order valence-corrected chi connectivity index (χ4v) is 6.52. The number of rotatable bonds is 3. The molecule has 34 heavy (non-hydrogen) atoms. The molecule has 1 fully saturated rings. The lowest BCUT2D eigenvalue weighted by molar-refractivity contribution is 0.0761. The minimum Gasteiger partial charge on any atom is -0.307 e. The number of carbonyl (C=O) groups is 1. The van der Waals surface area contributed by atoms with E-state index in [1.807, 2.05) is 23.1 Å². The van der Waals surface area contributed by atoms with Crippen molar-refractivity contribution >= 4 is 5.91 Å². The van der Waals surface area contributed by atoms with E-state index in [0.717, 1.165) is 12.0 Å². The van der Waals surface area contributed by atoms with E-state index in [2.05, 4.69) is 104 Å². The van der Waals surface area contributed by atoms with Crippen molar-refractivity contribution in [3.05, 3.63) is 119 Å². The van der Waals surface area contributed by atoms with Gasteiger partial charge in [0.1, 0.15) is 0 Å². The molecule has 0 aliphatic carbocycles. The van der Waals surface area contributed by atoms with E-state index in [0.29, 0.717) is 5.92 Å². The van der Waals surface area contributed by atoms with Crippen LogP contribution >= 0.6 is 0 Å². The molecule has 4 atom stereocenters. The highest BCUT2D eigenvalue weighted by atomic mass is 16.2. The molecule has 0 bridgehead atoms. The van der Waals surface area contributed by atoms with Crippen molar-refractivity contribution in [3.8, 4) is 0 Å². The number of hydrogen-bond acceptors (Lipinski definition) is 3. The molecule has 3 aromatic rings. The van der Waals surface area contributed by atoms with Crippen LogP contribution in [0.1, 0.15) is 58.5 Å². The number of likely N-dealkylation sites (N-methyl/N-ethyl adjacent to an activating group) is 2. The molecule has 1 amide bonds. The van der Waals surface area contributed by atoms with Crippen LogP contribution in [0.2, 0.25) is 0 Å². The van der Waals surface area contributed by atoms with E-state index < -0.39 is 0 Å². The summed E-state index contributed by atoms with van der Waals surface area (Å²) in [5.41, 5.74) is 5.99. The first kappa shape index (κ1) is 21.3. The van der Waals surface area contributed by atoms with Crippen LogP contribution < -0.4 is 0 Å². The number of benzene rings is 3. The number of fused-ring (bicyclic) bond motifs is 3. The molecule has 1 saturated heterocycles. The van der Waals surface area contributed by atoms with E-state index in [-0.39, 0.29) is 30.2 Å². The Bertz CT molecular complexity index is 1190. The molecule has 0 spiro atoms. The number of hydrogen-bond donors (Lipinski definition) is 0. The molecule has 3 aliphatic rings. The van der Waals surface area contributed by atoms with Gasteiger partial charge in [-0.3, -0.25) is 14.6 Å². The summed E-state index contributed by atoms with van der Waals surface area (Å²) >= 11 is 0. The van der Waals surface area contributed by atoms with Crippen LogP contribution in [0.3, 0.4) is 0 Å². The SMILES string of the molecule is C[C@@H]1C[C@@H]2c3ccccc3C(=O)N2C=C1C1N(C)[C@@H](c2ccccc2)[C@H](c2ccccc2)N1C. The Morgan fingerprint density at radius 1 is 0.735 bits per heavy atom. The maximum absolute atomic E-state index is 13.3. The first-order chi connectivity index (χ1) is 16.6. The molecule has 6 rings (SSSR count). The second kappa shape index (κ2) is 8.23. The standard InChI is InChI=1S/C30H31N3O/c1-20-18-26-23-16-10-11-17-24(23)30(34)33(26)19-25(20)29-31(2)27(21-12-6-4-7-13-21)28(32(29)3)22-14-8-5-9-15-22/h4-17,19-20,26-29H,18H2,1-3H3/t20-,26-,27+,28+/m1/s1. The Hall–Kier alpha value is -3.21. The van der Waals surface area contributed by atoms with Crippen molar-refractivity contribution in [2.75, 3.05) is 14.1 Å². The first-order valence-corrected chi connectivity index (χ1v) is 12.2. The summed E-state index contributed by atoms with van der Waals surface area (Å²) in [7, 11) is 4.48. The van der Waals surface area contributed by atoms with Gasteiger partial charge >= 0.3 is 0 Å². The zero-order valence-electron chi connectivity index (χ0n) is 20.0. The summed E-state index contributed by atoms with van der Waals surface area (Å²) in [4.78, 5) is 20.3. The van der Waals surface area contributed by atoms with Gasteiger partial charge in [-0.15, -0.1) is 0 Å². The largest absolute Gasteiger partial charge is 0.307 e. The van der Waals surface area contributed by atoms with Crippen molar-refractivity contribution in [1.29, 1.82) is 0 Å². The normalized spacial score (nSPS) is 27.6. The quantitative estimate of drug-likeness (QED) is 0.506. The summed E-state index contributed by atoms with van der Waals surface area (Å²) in [6.07, 6.45) is 3.25. The Balaban J connectivity index is 1.43. The van der Waals surface area contributed by atoms with E-state index >= 15 is 0 Å². The number of nitrogens with zero attached hydrogens (tertiary/aromatic N) is 3. The summed E-state index contributed by atoms with van der Waals surface area (Å²) in [6, 6.07) is 30.3. The van der Waals surface area contributed by atoms with Crippen LogP contribution in [0.15, 0.2) is 96.7 Å². The monoisotopic (exact) mass is 449 g/mol. The van der Waals surface area contributed by atoms with Gasteiger partial charge in [-0.2, -0.15) is 0 Å². The van der Waals surface area contributed by atoms with Crippen molar-refractivity contribution in [3.63, 3.8) is 0 Å². The zero-order valence-corrected chi connectivity index (χ0v) is 20.0. The lowest BCUT2D eigenvalue weighted by Crippen LogP contribution is -2.42. The predicted molar refractivity (Wildman–Crippen MR) is 135 cm³/mol. The van der Waals surface area contributed by atoms with Gasteiger partial charge in [0, 0.05) is 11.8 Å². The molecule has 4 heteroatoms. The van der Waals surface area contributed by atoms with E-state index in [9.17, 15) is 4.79 Å². The Morgan fingerprint density at radius 2 is 1.26 bits per heavy atom. The Labute approximate surface area is 202 Å². The molecule has 0 aromatic heterocycles. The minimum absolute atomic E-state index is 0.114. The molecule has 3 heterocycles. The van der Waals surface area contributed by atoms with Crippen LogP contribution in [0, 0.1) is 5.92 Å². The zero-order chi connectivity index (χ0) is 23.4. The van der Waals surface area contributed by atoms with Gasteiger partial charge in [0.25, 0.3) is 5.91 Å². The summed E-state index contributed by atoms with van der Waals surface area (Å²) in [5.74, 6) is 0.508. The molecule has 0 N–H and O–H groups in total. The second-order valence-corrected chi connectivity index (χ2v) is 10.00. The highest BCUT2D eigenvalue weighted by molar-refractivity contribution is 6.00. The molecule has 172 valence electrons. The third-order valence-electron chi connectivity index (χ3n) is 8.08. The van der Waals surface area contributed by atoms with Gasteiger partial charge in [0.2, 0.25) is 0 Å². The van der Waals surface area contributed by atoms with Crippen LogP contribution in [0.4, 0.5) is 0 Å². The van der Waals surface area contributed by atoms with Crippen molar-refractivity contribution < 1.29 is 4.79 Å². The Morgan fingerprint density at radius 3 is 1.85 bits per heavy atom. The molecule has 4 nitrogen and oxygen atoms in total. The summed E-state index contributed by atoms with van der Waals surface area (Å²) in [5, 5.41) is 0. The molecule has 3 aromatic carbocycles. The van der Waals surface area contributed by atoms with Crippen LogP contribution in [-0.2, 0) is 0 Å². The molecular formula is C30H31N3O. The van der Waals surface area contributed by atoms with Gasteiger partial charge in [0.15, 0.2) is 0 Å². The molecule has 0 saturated carbocycles. The highest BCUT2D eigenvalue weighted by Gasteiger charge is 2.49. The lowest BCUT2D eigenvalue weighted by Gasteiger charge is -2.39. The summed E-state index contributed by atoms with van der Waals surface area (Å²) in [6.45, 7) is 2.32. The maximum atomic E-state index is 13.3. The second-order valence-electron chi connectivity index (χ2n) is 10.00. The minimum atomic E-state index is 0.114. The van der Waals surface area contributed by atoms with Crippen LogP contribution in [0.25, 0.3) is 0 Å². The molecule has 0 unspecified atom stereocenters. The van der Waals surface area contributed by atoms with Gasteiger partial charge in [-0.1, -0.05) is 85.8 Å². The first-order valence-electron chi connectivity index (χ1n) is 12.2. The smallest absolute Gasteiger partial charge is 0.258 e. The maximum Gasteiger partial charge on any atom is 0.258 e. The fourth-order valence-electron chi connectivity index (χ4n) is 6.52. The fraction of sp³-hybridized carbons (Fsp3) is 0.300. The number of carbonyl (C=O) groups excluding carboxylic acids is 1. The molecule has 0 radical (unpaired) electrons. The van der Waals surface area contributed by atoms with E-state index in [4.69, 9.17) is 0 Å². The van der Waals surface area contributed by atoms with Gasteiger partial charge in [-0.05, 0) is 54.8 Å². The predicted octanol–water partition coefficient (Wildman–Crippen LogP) is 5.79. The third-order valence-corrected chi connectivity index (χ3v) is 8.08. The van der Waals surface area contributed by atoms with E-state index in [1.165, 1.54) is 22.3 Å². The summed E-state index contributed by atoms with van der Waals surface area (Å²) < 4.78 is 0. The average molecular weight is 450 g/mol. The van der Waals surface area contributed by atoms with Gasteiger partial charge < -0.3 is 4.90 Å². The number of amides is 1. The van der Waals surface area contributed by atoms with Crippen molar-refractivity contribution in [2.45, 2.75) is 37.6 Å². The van der Waals surface area contributed by atoms with Crippen molar-refractivity contribution in [2.24, 2.45) is 5.92 Å².